The van der Waals surface area contributed by atoms with Gasteiger partial charge in [0.1, 0.15) is 0 Å². The Kier molecular flexibility index (Phi) is 4.61. The number of aliphatic hydroxyl groups is 1. The summed E-state index contributed by atoms with van der Waals surface area (Å²) in [5, 5.41) is 9.42. The normalized spacial score (nSPS) is 10.5. The third kappa shape index (κ3) is 3.58. The summed E-state index contributed by atoms with van der Waals surface area (Å²) in [5.41, 5.74) is 4.53. The Morgan fingerprint density at radius 1 is 1.11 bits per heavy atom. The summed E-state index contributed by atoms with van der Waals surface area (Å²) in [5.74, 6) is 0. The van der Waals surface area contributed by atoms with Crippen LogP contribution in [-0.2, 0) is 13.2 Å². The molecule has 19 heavy (non-hydrogen) atoms. The Morgan fingerprint density at radius 3 is 2.42 bits per heavy atom. The molecule has 0 aliphatic rings. The van der Waals surface area contributed by atoms with Gasteiger partial charge in [0.05, 0.1) is 6.61 Å². The van der Waals surface area contributed by atoms with E-state index >= 15 is 0 Å². The van der Waals surface area contributed by atoms with E-state index in [4.69, 9.17) is 0 Å². The molecule has 0 unspecified atom stereocenters. The van der Waals surface area contributed by atoms with Crippen LogP contribution in [0.5, 0.6) is 0 Å². The lowest BCUT2D eigenvalue weighted by Crippen LogP contribution is -2.18. The molecule has 2 aromatic carbocycles. The van der Waals surface area contributed by atoms with Crippen LogP contribution in [0.1, 0.15) is 16.7 Å². The number of hydrogen-bond donors (Lipinski definition) is 1. The zero-order valence-corrected chi connectivity index (χ0v) is 12.8. The molecule has 0 atom stereocenters. The second-order valence-corrected chi connectivity index (χ2v) is 5.69. The maximum absolute atomic E-state index is 9.42. The largest absolute Gasteiger partial charge is 0.392 e. The minimum Gasteiger partial charge on any atom is -0.392 e. The topological polar surface area (TPSA) is 23.5 Å². The molecule has 0 bridgehead atoms. The molecule has 100 valence electrons. The molecule has 2 nitrogen and oxygen atoms in total. The van der Waals surface area contributed by atoms with Crippen molar-refractivity contribution in [3.63, 3.8) is 0 Å². The van der Waals surface area contributed by atoms with Crippen LogP contribution in [0.2, 0.25) is 0 Å². The molecule has 0 fully saturated rings. The molecule has 0 aromatic heterocycles. The first-order valence-electron chi connectivity index (χ1n) is 6.26. The van der Waals surface area contributed by atoms with Gasteiger partial charge in [-0.15, -0.1) is 0 Å². The van der Waals surface area contributed by atoms with E-state index in [1.165, 1.54) is 11.1 Å². The number of rotatable bonds is 4. The Balaban J connectivity index is 2.21. The predicted octanol–water partition coefficient (Wildman–Crippen LogP) is 3.89. The van der Waals surface area contributed by atoms with Gasteiger partial charge in [0, 0.05) is 29.3 Å². The Bertz CT molecular complexity index is 551. The van der Waals surface area contributed by atoms with Crippen LogP contribution >= 0.6 is 15.9 Å². The van der Waals surface area contributed by atoms with Crippen molar-refractivity contribution in [2.45, 2.75) is 20.1 Å². The van der Waals surface area contributed by atoms with E-state index in [0.717, 1.165) is 22.3 Å². The standard InChI is InChI=1S/C16H18BrNO/c1-12-3-5-13(6-4-12)10-18(2)16-9-15(17)8-7-14(16)11-19/h3-9,19H,10-11H2,1-2H3. The zero-order valence-electron chi connectivity index (χ0n) is 11.2. The van der Waals surface area contributed by atoms with Crippen molar-refractivity contribution >= 4 is 21.6 Å². The third-order valence-electron chi connectivity index (χ3n) is 3.17. The average molecular weight is 320 g/mol. The van der Waals surface area contributed by atoms with Gasteiger partial charge in [0.2, 0.25) is 0 Å². The highest BCUT2D eigenvalue weighted by Gasteiger charge is 2.08. The van der Waals surface area contributed by atoms with Crippen molar-refractivity contribution < 1.29 is 5.11 Å². The van der Waals surface area contributed by atoms with E-state index in [0.29, 0.717) is 0 Å². The molecule has 0 saturated heterocycles. The van der Waals surface area contributed by atoms with Crippen molar-refractivity contribution in [3.05, 3.63) is 63.6 Å². The SMILES string of the molecule is Cc1ccc(CN(C)c2cc(Br)ccc2CO)cc1. The van der Waals surface area contributed by atoms with Crippen LogP contribution < -0.4 is 4.90 Å². The molecule has 0 aliphatic carbocycles. The second kappa shape index (κ2) is 6.22. The van der Waals surface area contributed by atoms with Gasteiger partial charge in [-0.05, 0) is 24.6 Å². The van der Waals surface area contributed by atoms with Crippen molar-refractivity contribution in [3.8, 4) is 0 Å². The van der Waals surface area contributed by atoms with E-state index in [9.17, 15) is 5.11 Å². The molecular weight excluding hydrogens is 302 g/mol. The number of anilines is 1. The lowest BCUT2D eigenvalue weighted by atomic mass is 10.1. The third-order valence-corrected chi connectivity index (χ3v) is 3.66. The predicted molar refractivity (Wildman–Crippen MR) is 83.4 cm³/mol. The van der Waals surface area contributed by atoms with Gasteiger partial charge in [-0.2, -0.15) is 0 Å². The fourth-order valence-electron chi connectivity index (χ4n) is 2.08. The number of nitrogens with zero attached hydrogens (tertiary/aromatic N) is 1. The van der Waals surface area contributed by atoms with Crippen LogP contribution in [-0.4, -0.2) is 12.2 Å². The number of aryl methyl sites for hydroxylation is 1. The van der Waals surface area contributed by atoms with Gasteiger partial charge in [-0.25, -0.2) is 0 Å². The van der Waals surface area contributed by atoms with Crippen molar-refractivity contribution in [2.75, 3.05) is 11.9 Å². The lowest BCUT2D eigenvalue weighted by molar-refractivity contribution is 0.282. The first-order chi connectivity index (χ1) is 9.10. The second-order valence-electron chi connectivity index (χ2n) is 4.77. The smallest absolute Gasteiger partial charge is 0.0702 e. The molecule has 0 radical (unpaired) electrons. The molecule has 3 heteroatoms. The molecule has 2 rings (SSSR count). The Morgan fingerprint density at radius 2 is 1.79 bits per heavy atom. The summed E-state index contributed by atoms with van der Waals surface area (Å²) in [6.45, 7) is 2.97. The molecule has 1 N–H and O–H groups in total. The molecule has 0 heterocycles. The highest BCUT2D eigenvalue weighted by Crippen LogP contribution is 2.25. The van der Waals surface area contributed by atoms with E-state index in [1.54, 1.807) is 0 Å². The summed E-state index contributed by atoms with van der Waals surface area (Å²) in [4.78, 5) is 2.15. The number of benzene rings is 2. The Labute approximate surface area is 122 Å². The van der Waals surface area contributed by atoms with Crippen LogP contribution in [0.4, 0.5) is 5.69 Å². The van der Waals surface area contributed by atoms with Crippen LogP contribution in [0.25, 0.3) is 0 Å². The highest BCUT2D eigenvalue weighted by atomic mass is 79.9. The van der Waals surface area contributed by atoms with Crippen LogP contribution in [0, 0.1) is 6.92 Å². The molecular formula is C16H18BrNO. The van der Waals surface area contributed by atoms with Gasteiger partial charge in [-0.3, -0.25) is 0 Å². The molecule has 0 saturated carbocycles. The molecule has 2 aromatic rings. The lowest BCUT2D eigenvalue weighted by Gasteiger charge is -2.22. The minimum absolute atomic E-state index is 0.0564. The van der Waals surface area contributed by atoms with Gasteiger partial charge in [0.15, 0.2) is 0 Å². The maximum atomic E-state index is 9.42. The quantitative estimate of drug-likeness (QED) is 0.924. The maximum Gasteiger partial charge on any atom is 0.0702 e. The first kappa shape index (κ1) is 14.1. The van der Waals surface area contributed by atoms with E-state index < -0.39 is 0 Å². The van der Waals surface area contributed by atoms with Crippen LogP contribution in [0.3, 0.4) is 0 Å². The monoisotopic (exact) mass is 319 g/mol. The van der Waals surface area contributed by atoms with Crippen LogP contribution in [0.15, 0.2) is 46.9 Å². The average Bonchev–Trinajstić information content (AvgIpc) is 2.41. The first-order valence-corrected chi connectivity index (χ1v) is 7.05. The number of aliphatic hydroxyl groups excluding tert-OH is 1. The van der Waals surface area contributed by atoms with E-state index in [1.807, 2.05) is 25.2 Å². The summed E-state index contributed by atoms with van der Waals surface area (Å²) in [6.07, 6.45) is 0. The zero-order chi connectivity index (χ0) is 13.8. The molecule has 0 spiro atoms. The summed E-state index contributed by atoms with van der Waals surface area (Å²) < 4.78 is 1.02. The van der Waals surface area contributed by atoms with Gasteiger partial charge in [0.25, 0.3) is 0 Å². The van der Waals surface area contributed by atoms with Crippen molar-refractivity contribution in [1.82, 2.24) is 0 Å². The highest BCUT2D eigenvalue weighted by molar-refractivity contribution is 9.10. The Hall–Kier alpha value is -1.32. The summed E-state index contributed by atoms with van der Waals surface area (Å²) in [6, 6.07) is 14.5. The van der Waals surface area contributed by atoms with E-state index in [2.05, 4.69) is 52.0 Å². The van der Waals surface area contributed by atoms with Crippen molar-refractivity contribution in [1.29, 1.82) is 0 Å². The summed E-state index contributed by atoms with van der Waals surface area (Å²) in [7, 11) is 2.04. The fourth-order valence-corrected chi connectivity index (χ4v) is 2.43. The fraction of sp³-hybridized carbons (Fsp3) is 0.250. The van der Waals surface area contributed by atoms with Crippen molar-refractivity contribution in [2.24, 2.45) is 0 Å². The van der Waals surface area contributed by atoms with Gasteiger partial charge in [-0.1, -0.05) is 51.8 Å². The van der Waals surface area contributed by atoms with Gasteiger partial charge >= 0.3 is 0 Å². The van der Waals surface area contributed by atoms with Gasteiger partial charge < -0.3 is 10.0 Å². The molecule has 0 aliphatic heterocycles. The molecule has 0 amide bonds. The number of halogens is 1. The summed E-state index contributed by atoms with van der Waals surface area (Å²) >= 11 is 3.48. The minimum atomic E-state index is 0.0564. The van der Waals surface area contributed by atoms with E-state index in [-0.39, 0.29) is 6.61 Å². The number of hydrogen-bond acceptors (Lipinski definition) is 2.